The van der Waals surface area contributed by atoms with E-state index in [9.17, 15) is 10.1 Å². The van der Waals surface area contributed by atoms with Crippen LogP contribution in [0.4, 0.5) is 0 Å². The normalized spacial score (nSPS) is 13.8. The van der Waals surface area contributed by atoms with E-state index in [1.807, 2.05) is 55.5 Å². The molecule has 206 valence electrons. The van der Waals surface area contributed by atoms with Gasteiger partial charge in [-0.15, -0.1) is 0 Å². The van der Waals surface area contributed by atoms with Gasteiger partial charge in [0.1, 0.15) is 47.0 Å². The molecule has 0 bridgehead atoms. The van der Waals surface area contributed by atoms with E-state index in [-0.39, 0.29) is 23.8 Å². The first-order valence-electron chi connectivity index (χ1n) is 12.9. The van der Waals surface area contributed by atoms with Crippen LogP contribution in [0.2, 0.25) is 0 Å². The zero-order valence-corrected chi connectivity index (χ0v) is 22.6. The Hall–Kier alpha value is -5.42. The van der Waals surface area contributed by atoms with E-state index < -0.39 is 11.9 Å². The molecule has 0 fully saturated rings. The van der Waals surface area contributed by atoms with Crippen LogP contribution in [0.1, 0.15) is 28.2 Å². The van der Waals surface area contributed by atoms with E-state index >= 15 is 0 Å². The number of nitrogens with zero attached hydrogens (tertiary/aromatic N) is 1. The number of esters is 1. The van der Waals surface area contributed by atoms with Gasteiger partial charge in [-0.05, 0) is 60.5 Å². The quantitative estimate of drug-likeness (QED) is 0.207. The average molecular weight is 549 g/mol. The second-order valence-corrected chi connectivity index (χ2v) is 9.41. The first kappa shape index (κ1) is 27.2. The minimum absolute atomic E-state index is 0.0118. The van der Waals surface area contributed by atoms with Crippen molar-refractivity contribution in [2.75, 3.05) is 13.7 Å². The van der Waals surface area contributed by atoms with Crippen molar-refractivity contribution in [1.82, 2.24) is 0 Å². The van der Waals surface area contributed by atoms with E-state index in [0.29, 0.717) is 35.2 Å². The van der Waals surface area contributed by atoms with Crippen LogP contribution in [0.25, 0.3) is 0 Å². The first-order chi connectivity index (χ1) is 19.9. The highest BCUT2D eigenvalue weighted by molar-refractivity contribution is 5.74. The van der Waals surface area contributed by atoms with E-state index in [1.165, 1.54) is 5.56 Å². The van der Waals surface area contributed by atoms with E-state index in [1.54, 1.807) is 49.6 Å². The van der Waals surface area contributed by atoms with Gasteiger partial charge in [0.25, 0.3) is 0 Å². The van der Waals surface area contributed by atoms with Gasteiger partial charge in [-0.25, -0.2) is 4.79 Å². The minimum atomic E-state index is -0.590. The Morgan fingerprint density at radius 1 is 0.902 bits per heavy atom. The summed E-state index contributed by atoms with van der Waals surface area (Å²) in [5.41, 5.74) is 10.2. The molecule has 0 saturated carbocycles. The maximum Gasteiger partial charge on any atom is 0.349 e. The van der Waals surface area contributed by atoms with Crippen LogP contribution >= 0.6 is 0 Å². The molecule has 4 aromatic rings. The Bertz CT molecular complexity index is 1620. The molecule has 1 heterocycles. The second kappa shape index (κ2) is 12.2. The zero-order chi connectivity index (χ0) is 28.8. The van der Waals surface area contributed by atoms with Gasteiger partial charge in [0.2, 0.25) is 5.88 Å². The van der Waals surface area contributed by atoms with Crippen LogP contribution in [0.3, 0.4) is 0 Å². The predicted molar refractivity (Wildman–Crippen MR) is 152 cm³/mol. The van der Waals surface area contributed by atoms with Crippen LogP contribution in [-0.4, -0.2) is 19.7 Å². The van der Waals surface area contributed by atoms with Crippen LogP contribution < -0.4 is 29.4 Å². The van der Waals surface area contributed by atoms with Crippen molar-refractivity contribution in [2.45, 2.75) is 19.4 Å². The lowest BCUT2D eigenvalue weighted by atomic mass is 9.83. The fourth-order valence-electron chi connectivity index (χ4n) is 4.45. The Morgan fingerprint density at radius 2 is 1.63 bits per heavy atom. The molecule has 2 N–H and O–H groups in total. The topological polar surface area (TPSA) is 113 Å². The third kappa shape index (κ3) is 6.43. The molecule has 4 aromatic carbocycles. The van der Waals surface area contributed by atoms with E-state index in [4.69, 9.17) is 29.4 Å². The Labute approximate surface area is 238 Å². The molecule has 1 unspecified atom stereocenters. The minimum Gasteiger partial charge on any atom is -0.497 e. The Morgan fingerprint density at radius 3 is 2.37 bits per heavy atom. The Kier molecular flexibility index (Phi) is 8.07. The maximum atomic E-state index is 12.4. The molecule has 0 amide bonds. The van der Waals surface area contributed by atoms with Crippen molar-refractivity contribution in [1.29, 1.82) is 5.26 Å². The lowest BCUT2D eigenvalue weighted by Crippen LogP contribution is -2.21. The third-order valence-electron chi connectivity index (χ3n) is 6.56. The second-order valence-electron chi connectivity index (χ2n) is 9.41. The molecule has 0 saturated heterocycles. The van der Waals surface area contributed by atoms with Crippen molar-refractivity contribution in [3.8, 4) is 34.8 Å². The molecule has 8 nitrogen and oxygen atoms in total. The molecule has 1 atom stereocenters. The summed E-state index contributed by atoms with van der Waals surface area (Å²) in [5, 5.41) is 9.93. The van der Waals surface area contributed by atoms with E-state index in [0.717, 1.165) is 11.1 Å². The van der Waals surface area contributed by atoms with Crippen molar-refractivity contribution in [2.24, 2.45) is 5.73 Å². The lowest BCUT2D eigenvalue weighted by Gasteiger charge is -2.27. The summed E-state index contributed by atoms with van der Waals surface area (Å²) in [6.45, 7) is 2.16. The fraction of sp³-hybridized carbons (Fsp3) is 0.152. The largest absolute Gasteiger partial charge is 0.497 e. The highest BCUT2D eigenvalue weighted by atomic mass is 16.6. The van der Waals surface area contributed by atoms with Gasteiger partial charge in [-0.3, -0.25) is 0 Å². The van der Waals surface area contributed by atoms with Crippen LogP contribution in [0, 0.1) is 18.3 Å². The molecular formula is C33H28N2O6. The number of hydrogen-bond acceptors (Lipinski definition) is 8. The summed E-state index contributed by atoms with van der Waals surface area (Å²) >= 11 is 0. The third-order valence-corrected chi connectivity index (χ3v) is 6.56. The maximum absolute atomic E-state index is 12.4. The summed E-state index contributed by atoms with van der Waals surface area (Å²) in [6.07, 6.45) is 0. The van der Waals surface area contributed by atoms with Gasteiger partial charge in [-0.1, -0.05) is 48.0 Å². The zero-order valence-electron chi connectivity index (χ0n) is 22.6. The van der Waals surface area contributed by atoms with Gasteiger partial charge < -0.3 is 29.4 Å². The molecule has 0 radical (unpaired) electrons. The summed E-state index contributed by atoms with van der Waals surface area (Å²) in [7, 11) is 1.57. The molecule has 0 aliphatic carbocycles. The average Bonchev–Trinajstić information content (AvgIpc) is 2.99. The monoisotopic (exact) mass is 548 g/mol. The Balaban J connectivity index is 1.31. The highest BCUT2D eigenvalue weighted by Crippen LogP contribution is 2.44. The standard InChI is InChI=1S/C33H28N2O6/c1-21-6-8-22(9-7-21)19-38-26-5-3-4-23(16-26)32-28-15-14-27(17-30(28)41-33(35)29(32)18-34)40-31(36)20-39-25-12-10-24(37-2)11-13-25/h3-17,32H,19-20,35H2,1-2H3. The number of carbonyl (C=O) groups excluding carboxylic acids is 1. The highest BCUT2D eigenvalue weighted by Gasteiger charge is 2.31. The summed E-state index contributed by atoms with van der Waals surface area (Å²) in [4.78, 5) is 12.4. The predicted octanol–water partition coefficient (Wildman–Crippen LogP) is 5.79. The van der Waals surface area contributed by atoms with Crippen molar-refractivity contribution >= 4 is 5.97 Å². The number of benzene rings is 4. The molecule has 5 rings (SSSR count). The van der Waals surface area contributed by atoms with Gasteiger partial charge in [0, 0.05) is 11.6 Å². The number of fused-ring (bicyclic) bond motifs is 1. The first-order valence-corrected chi connectivity index (χ1v) is 12.9. The van der Waals surface area contributed by atoms with Crippen LogP contribution in [0.15, 0.2) is 102 Å². The molecule has 0 aromatic heterocycles. The number of nitrogens with two attached hydrogens (primary N) is 1. The summed E-state index contributed by atoms with van der Waals surface area (Å²) in [6, 6.07) is 29.7. The van der Waals surface area contributed by atoms with Gasteiger partial charge >= 0.3 is 5.97 Å². The van der Waals surface area contributed by atoms with Crippen LogP contribution in [-0.2, 0) is 11.4 Å². The number of rotatable bonds is 9. The van der Waals surface area contributed by atoms with Gasteiger partial charge in [0.05, 0.1) is 13.0 Å². The SMILES string of the molecule is COc1ccc(OCC(=O)Oc2ccc3c(c2)OC(N)=C(C#N)C3c2cccc(OCc3ccc(C)cc3)c2)cc1. The molecule has 1 aliphatic rings. The molecule has 0 spiro atoms. The number of allylic oxidation sites excluding steroid dienone is 1. The molecular weight excluding hydrogens is 520 g/mol. The molecule has 8 heteroatoms. The van der Waals surface area contributed by atoms with Gasteiger partial charge in [-0.2, -0.15) is 5.26 Å². The van der Waals surface area contributed by atoms with Gasteiger partial charge in [0.15, 0.2) is 6.61 Å². The summed E-state index contributed by atoms with van der Waals surface area (Å²) in [5.74, 6) is 1.40. The number of methoxy groups -OCH3 is 1. The number of carbonyl (C=O) groups is 1. The summed E-state index contributed by atoms with van der Waals surface area (Å²) < 4.78 is 27.9. The van der Waals surface area contributed by atoms with Crippen LogP contribution in [0.5, 0.6) is 28.7 Å². The fourth-order valence-corrected chi connectivity index (χ4v) is 4.45. The number of aryl methyl sites for hydroxylation is 1. The number of nitriles is 1. The van der Waals surface area contributed by atoms with Crippen molar-refractivity contribution in [3.05, 3.63) is 125 Å². The van der Waals surface area contributed by atoms with E-state index in [2.05, 4.69) is 6.07 Å². The number of ether oxygens (including phenoxy) is 5. The van der Waals surface area contributed by atoms with Crippen molar-refractivity contribution < 1.29 is 28.5 Å². The lowest BCUT2D eigenvalue weighted by molar-refractivity contribution is -0.136. The number of hydrogen-bond donors (Lipinski definition) is 1. The molecule has 41 heavy (non-hydrogen) atoms. The molecule has 1 aliphatic heterocycles. The van der Waals surface area contributed by atoms with Crippen molar-refractivity contribution in [3.63, 3.8) is 0 Å². The smallest absolute Gasteiger partial charge is 0.349 e.